The molecule has 0 aliphatic heterocycles. The number of nitrogens with zero attached hydrogens (tertiary/aromatic N) is 1. The number of halogens is 1. The number of aliphatic hydroxyl groups excluding tert-OH is 2. The van der Waals surface area contributed by atoms with Crippen LogP contribution in [0.2, 0.25) is 5.02 Å². The van der Waals surface area contributed by atoms with E-state index in [1.54, 1.807) is 12.1 Å². The van der Waals surface area contributed by atoms with Crippen molar-refractivity contribution in [3.63, 3.8) is 0 Å². The Morgan fingerprint density at radius 2 is 2.07 bits per heavy atom. The van der Waals surface area contributed by atoms with Crippen LogP contribution in [0.4, 0.5) is 0 Å². The Morgan fingerprint density at radius 3 is 2.67 bits per heavy atom. The van der Waals surface area contributed by atoms with Crippen LogP contribution in [0.1, 0.15) is 5.56 Å². The van der Waals surface area contributed by atoms with E-state index in [2.05, 4.69) is 5.16 Å². The maximum atomic E-state index is 8.89. The van der Waals surface area contributed by atoms with Gasteiger partial charge in [-0.2, -0.15) is 0 Å². The molecule has 0 heterocycles. The molecule has 0 aliphatic rings. The Kier molecular flexibility index (Phi) is 5.10. The first-order chi connectivity index (χ1) is 7.22. The second-order valence-corrected chi connectivity index (χ2v) is 3.34. The van der Waals surface area contributed by atoms with Gasteiger partial charge in [0.2, 0.25) is 0 Å². The lowest BCUT2D eigenvalue weighted by atomic mass is 10.2. The Bertz CT molecular complexity index is 313. The van der Waals surface area contributed by atoms with Crippen molar-refractivity contribution in [1.29, 1.82) is 0 Å². The summed E-state index contributed by atoms with van der Waals surface area (Å²) in [6, 6.07) is 7.15. The van der Waals surface area contributed by atoms with Crippen LogP contribution in [0.3, 0.4) is 0 Å². The van der Waals surface area contributed by atoms with Gasteiger partial charge in [-0.1, -0.05) is 28.9 Å². The molecular formula is C10H12ClNO3. The minimum Gasteiger partial charge on any atom is -0.393 e. The standard InChI is InChI=1S/C10H12ClNO3/c11-9-3-1-8(2-4-9)7-15-12-5-10(14)6-13/h1-5,10,13-14H,6-7H2/b12-5+/t10-/m1/s1. The second-order valence-electron chi connectivity index (χ2n) is 2.90. The summed E-state index contributed by atoms with van der Waals surface area (Å²) in [6.45, 7) is -0.0698. The van der Waals surface area contributed by atoms with E-state index in [9.17, 15) is 0 Å². The van der Waals surface area contributed by atoms with Gasteiger partial charge >= 0.3 is 0 Å². The maximum absolute atomic E-state index is 8.89. The minimum absolute atomic E-state index is 0.297. The van der Waals surface area contributed by atoms with E-state index >= 15 is 0 Å². The summed E-state index contributed by atoms with van der Waals surface area (Å²) in [5, 5.41) is 21.5. The molecule has 0 aliphatic carbocycles. The fourth-order valence-electron chi connectivity index (χ4n) is 0.853. The fourth-order valence-corrected chi connectivity index (χ4v) is 0.979. The average Bonchev–Trinajstić information content (AvgIpc) is 2.26. The highest BCUT2D eigenvalue weighted by Crippen LogP contribution is 2.10. The third kappa shape index (κ3) is 4.78. The first-order valence-corrected chi connectivity index (χ1v) is 4.79. The Morgan fingerprint density at radius 1 is 1.40 bits per heavy atom. The van der Waals surface area contributed by atoms with E-state index in [0.717, 1.165) is 11.8 Å². The molecule has 1 atom stereocenters. The summed E-state index contributed by atoms with van der Waals surface area (Å²) in [5.74, 6) is 0. The highest BCUT2D eigenvalue weighted by Gasteiger charge is 1.95. The molecule has 4 nitrogen and oxygen atoms in total. The molecule has 0 unspecified atom stereocenters. The molecule has 15 heavy (non-hydrogen) atoms. The smallest absolute Gasteiger partial charge is 0.142 e. The van der Waals surface area contributed by atoms with Crippen molar-refractivity contribution in [3.8, 4) is 0 Å². The number of benzene rings is 1. The predicted octanol–water partition coefficient (Wildman–Crippen LogP) is 1.20. The molecule has 0 aromatic heterocycles. The topological polar surface area (TPSA) is 62.0 Å². The summed E-state index contributed by atoms with van der Waals surface area (Å²) in [4.78, 5) is 4.89. The van der Waals surface area contributed by atoms with E-state index in [4.69, 9.17) is 26.7 Å². The van der Waals surface area contributed by atoms with Crippen LogP contribution in [0.25, 0.3) is 0 Å². The Balaban J connectivity index is 2.31. The van der Waals surface area contributed by atoms with Crippen molar-refractivity contribution in [2.45, 2.75) is 12.7 Å². The highest BCUT2D eigenvalue weighted by molar-refractivity contribution is 6.30. The van der Waals surface area contributed by atoms with E-state index in [0.29, 0.717) is 11.6 Å². The number of hydrogen-bond acceptors (Lipinski definition) is 4. The summed E-state index contributed by atoms with van der Waals surface area (Å²) in [6.07, 6.45) is 0.158. The molecule has 0 radical (unpaired) electrons. The molecule has 1 aromatic rings. The highest BCUT2D eigenvalue weighted by atomic mass is 35.5. The zero-order valence-electron chi connectivity index (χ0n) is 8.01. The molecule has 5 heteroatoms. The van der Waals surface area contributed by atoms with Gasteiger partial charge in [-0.05, 0) is 17.7 Å². The van der Waals surface area contributed by atoms with Crippen molar-refractivity contribution < 1.29 is 15.1 Å². The molecular weight excluding hydrogens is 218 g/mol. The number of hydrogen-bond donors (Lipinski definition) is 2. The van der Waals surface area contributed by atoms with Crippen molar-refractivity contribution in [2.75, 3.05) is 6.61 Å². The van der Waals surface area contributed by atoms with E-state index in [1.165, 1.54) is 0 Å². The number of aliphatic hydroxyl groups is 2. The van der Waals surface area contributed by atoms with Crippen molar-refractivity contribution >= 4 is 17.8 Å². The van der Waals surface area contributed by atoms with Gasteiger partial charge in [0, 0.05) is 5.02 Å². The molecule has 0 bridgehead atoms. The van der Waals surface area contributed by atoms with Gasteiger partial charge in [-0.25, -0.2) is 0 Å². The quantitative estimate of drug-likeness (QED) is 0.589. The number of oxime groups is 1. The first kappa shape index (κ1) is 12.0. The minimum atomic E-state index is -0.977. The van der Waals surface area contributed by atoms with Crippen molar-refractivity contribution in [1.82, 2.24) is 0 Å². The summed E-state index contributed by atoms with van der Waals surface area (Å²) >= 11 is 5.70. The monoisotopic (exact) mass is 229 g/mol. The average molecular weight is 230 g/mol. The van der Waals surface area contributed by atoms with Gasteiger partial charge in [0.05, 0.1) is 12.8 Å². The zero-order chi connectivity index (χ0) is 11.1. The molecule has 0 fully saturated rings. The number of rotatable bonds is 5. The zero-order valence-corrected chi connectivity index (χ0v) is 8.76. The SMILES string of the molecule is OC[C@H](O)/C=N/OCc1ccc(Cl)cc1. The molecule has 1 rings (SSSR count). The first-order valence-electron chi connectivity index (χ1n) is 4.41. The van der Waals surface area contributed by atoms with E-state index in [1.807, 2.05) is 12.1 Å². The molecule has 2 N–H and O–H groups in total. The van der Waals surface area contributed by atoms with Crippen LogP contribution >= 0.6 is 11.6 Å². The molecule has 0 amide bonds. The largest absolute Gasteiger partial charge is 0.393 e. The van der Waals surface area contributed by atoms with Crippen LogP contribution in [0.5, 0.6) is 0 Å². The molecule has 0 saturated heterocycles. The molecule has 0 saturated carbocycles. The maximum Gasteiger partial charge on any atom is 0.142 e. The predicted molar refractivity (Wildman–Crippen MR) is 57.8 cm³/mol. The molecule has 0 spiro atoms. The van der Waals surface area contributed by atoms with Crippen LogP contribution in [0, 0.1) is 0 Å². The van der Waals surface area contributed by atoms with Gasteiger partial charge in [-0.15, -0.1) is 0 Å². The van der Waals surface area contributed by atoms with Gasteiger partial charge < -0.3 is 15.1 Å². The summed E-state index contributed by atoms with van der Waals surface area (Å²) in [5.41, 5.74) is 0.926. The van der Waals surface area contributed by atoms with Gasteiger partial charge in [0.15, 0.2) is 0 Å². The van der Waals surface area contributed by atoms with E-state index in [-0.39, 0.29) is 6.61 Å². The van der Waals surface area contributed by atoms with Crippen LogP contribution in [-0.2, 0) is 11.4 Å². The Hall–Kier alpha value is -1.10. The van der Waals surface area contributed by atoms with Crippen LogP contribution < -0.4 is 0 Å². The van der Waals surface area contributed by atoms with Crippen molar-refractivity contribution in [2.24, 2.45) is 5.16 Å². The van der Waals surface area contributed by atoms with Gasteiger partial charge in [0.1, 0.15) is 12.7 Å². The normalized spacial score (nSPS) is 13.0. The van der Waals surface area contributed by atoms with Crippen molar-refractivity contribution in [3.05, 3.63) is 34.9 Å². The molecule has 82 valence electrons. The molecule has 1 aromatic carbocycles. The van der Waals surface area contributed by atoms with Gasteiger partial charge in [-0.3, -0.25) is 0 Å². The third-order valence-corrected chi connectivity index (χ3v) is 1.89. The lowest BCUT2D eigenvalue weighted by Crippen LogP contribution is -2.13. The summed E-state index contributed by atoms with van der Waals surface area (Å²) < 4.78 is 0. The van der Waals surface area contributed by atoms with Gasteiger partial charge in [0.25, 0.3) is 0 Å². The fraction of sp³-hybridized carbons (Fsp3) is 0.300. The second kappa shape index (κ2) is 6.40. The van der Waals surface area contributed by atoms with Crippen LogP contribution in [-0.4, -0.2) is 29.1 Å². The third-order valence-electron chi connectivity index (χ3n) is 1.64. The summed E-state index contributed by atoms with van der Waals surface area (Å²) in [7, 11) is 0. The van der Waals surface area contributed by atoms with Crippen LogP contribution in [0.15, 0.2) is 29.4 Å². The lowest BCUT2D eigenvalue weighted by Gasteiger charge is -2.01. The lowest BCUT2D eigenvalue weighted by molar-refractivity contribution is 0.116. The van der Waals surface area contributed by atoms with E-state index < -0.39 is 6.10 Å². The Labute approximate surface area is 92.7 Å².